The van der Waals surface area contributed by atoms with Crippen LogP contribution in [0.3, 0.4) is 0 Å². The quantitative estimate of drug-likeness (QED) is 0.389. The molecule has 180 valence electrons. The Kier molecular flexibility index (Phi) is 6.77. The van der Waals surface area contributed by atoms with Gasteiger partial charge in [-0.1, -0.05) is 48.9 Å². The number of nitrogens with zero attached hydrogens (tertiary/aromatic N) is 3. The first-order chi connectivity index (χ1) is 17.1. The molecule has 6 rings (SSSR count). The maximum Gasteiger partial charge on any atom is 0.219 e. The molecule has 1 amide bonds. The fraction of sp³-hybridized carbons (Fsp3) is 0.321. The number of para-hydroxylation sites is 1. The lowest BCUT2D eigenvalue weighted by Gasteiger charge is -2.43. The lowest BCUT2D eigenvalue weighted by atomic mass is 9.60. The number of aryl methyl sites for hydroxylation is 1. The Balaban J connectivity index is 0.000000271. The Labute approximate surface area is 210 Å². The second-order valence-electron chi connectivity index (χ2n) is 9.30. The Morgan fingerprint density at radius 2 is 1.74 bits per heavy atom. The van der Waals surface area contributed by atoms with Crippen molar-refractivity contribution in [1.29, 1.82) is 0 Å². The fourth-order valence-electron chi connectivity index (χ4n) is 5.10. The molecule has 0 radical (unpaired) electrons. The smallest absolute Gasteiger partial charge is 0.219 e. The highest BCUT2D eigenvalue weighted by Gasteiger charge is 2.41. The van der Waals surface area contributed by atoms with Crippen LogP contribution in [-0.4, -0.2) is 50.9 Å². The molecule has 1 aliphatic carbocycles. The lowest BCUT2D eigenvalue weighted by Crippen LogP contribution is -2.35. The molecule has 2 aliphatic rings. The number of amides is 1. The molecule has 3 heterocycles. The number of carbonyl (C=O) groups is 1. The minimum absolute atomic E-state index is 0.113. The van der Waals surface area contributed by atoms with Crippen LogP contribution in [0, 0.1) is 6.92 Å². The van der Waals surface area contributed by atoms with Gasteiger partial charge in [0, 0.05) is 65.1 Å². The normalized spacial score (nSPS) is 16.8. The van der Waals surface area contributed by atoms with E-state index in [0.29, 0.717) is 5.95 Å². The molecule has 3 N–H and O–H groups in total. The molecule has 35 heavy (non-hydrogen) atoms. The molecule has 0 spiro atoms. The highest BCUT2D eigenvalue weighted by molar-refractivity contribution is 7.99. The van der Waals surface area contributed by atoms with Crippen molar-refractivity contribution in [3.8, 4) is 11.1 Å². The summed E-state index contributed by atoms with van der Waals surface area (Å²) in [6.45, 7) is 4.04. The number of hydrogen-bond acceptors (Lipinski definition) is 5. The first-order valence-electron chi connectivity index (χ1n) is 12.1. The number of anilines is 1. The first-order valence-corrected chi connectivity index (χ1v) is 13.3. The third-order valence-corrected chi connectivity index (χ3v) is 8.23. The predicted octanol–water partition coefficient (Wildman–Crippen LogP) is 5.18. The van der Waals surface area contributed by atoms with Gasteiger partial charge in [-0.3, -0.25) is 4.79 Å². The van der Waals surface area contributed by atoms with Crippen molar-refractivity contribution in [2.45, 2.75) is 31.6 Å². The molecule has 6 nitrogen and oxygen atoms in total. The molecule has 7 heteroatoms. The van der Waals surface area contributed by atoms with E-state index in [-0.39, 0.29) is 5.41 Å². The van der Waals surface area contributed by atoms with E-state index in [2.05, 4.69) is 70.5 Å². The van der Waals surface area contributed by atoms with Crippen LogP contribution in [-0.2, 0) is 10.2 Å². The average molecular weight is 486 g/mol. The Morgan fingerprint density at radius 3 is 2.34 bits per heavy atom. The number of thioether (sulfide) groups is 1. The number of H-pyrrole nitrogens is 1. The van der Waals surface area contributed by atoms with E-state index in [1.54, 1.807) is 12.4 Å². The van der Waals surface area contributed by atoms with Crippen LogP contribution in [0.2, 0.25) is 0 Å². The number of rotatable bonds is 4. The van der Waals surface area contributed by atoms with Gasteiger partial charge in [0.1, 0.15) is 0 Å². The van der Waals surface area contributed by atoms with Gasteiger partial charge < -0.3 is 15.6 Å². The van der Waals surface area contributed by atoms with Gasteiger partial charge in [0.2, 0.25) is 12.4 Å². The van der Waals surface area contributed by atoms with Crippen LogP contribution >= 0.6 is 11.8 Å². The third kappa shape index (κ3) is 4.65. The van der Waals surface area contributed by atoms with Crippen molar-refractivity contribution in [2.24, 2.45) is 0 Å². The summed E-state index contributed by atoms with van der Waals surface area (Å²) >= 11 is 1.91. The fourth-order valence-corrected chi connectivity index (χ4v) is 6.03. The lowest BCUT2D eigenvalue weighted by molar-refractivity contribution is -0.117. The number of nitrogens with two attached hydrogens (primary N) is 1. The van der Waals surface area contributed by atoms with E-state index in [1.807, 2.05) is 16.7 Å². The van der Waals surface area contributed by atoms with E-state index < -0.39 is 0 Å². The van der Waals surface area contributed by atoms with Gasteiger partial charge in [-0.25, -0.2) is 9.97 Å². The largest absolute Gasteiger partial charge is 0.368 e. The van der Waals surface area contributed by atoms with Crippen LogP contribution < -0.4 is 5.73 Å². The molecule has 2 aromatic heterocycles. The summed E-state index contributed by atoms with van der Waals surface area (Å²) in [6, 6.07) is 15.4. The van der Waals surface area contributed by atoms with Gasteiger partial charge in [0.15, 0.2) is 0 Å². The summed E-state index contributed by atoms with van der Waals surface area (Å²) in [7, 11) is 0. The second-order valence-corrected chi connectivity index (χ2v) is 10.5. The van der Waals surface area contributed by atoms with Crippen LogP contribution in [0.4, 0.5) is 5.95 Å². The maximum atomic E-state index is 10.1. The van der Waals surface area contributed by atoms with E-state index in [9.17, 15) is 4.79 Å². The summed E-state index contributed by atoms with van der Waals surface area (Å²) in [5.74, 6) is 2.52. The number of carbonyl (C=O) groups excluding carboxylic acids is 1. The van der Waals surface area contributed by atoms with E-state index in [1.165, 1.54) is 46.9 Å². The number of nitrogens with one attached hydrogen (secondary N) is 1. The molecular weight excluding hydrogens is 454 g/mol. The second kappa shape index (κ2) is 10.1. The number of hydrogen-bond donors (Lipinski definition) is 2. The molecule has 1 aliphatic heterocycles. The highest BCUT2D eigenvalue weighted by Crippen LogP contribution is 2.51. The van der Waals surface area contributed by atoms with Gasteiger partial charge in [0.25, 0.3) is 0 Å². The third-order valence-electron chi connectivity index (χ3n) is 7.28. The summed E-state index contributed by atoms with van der Waals surface area (Å²) in [4.78, 5) is 23.6. The van der Waals surface area contributed by atoms with Crippen molar-refractivity contribution >= 4 is 35.0 Å². The van der Waals surface area contributed by atoms with E-state index >= 15 is 0 Å². The molecule has 0 unspecified atom stereocenters. The van der Waals surface area contributed by atoms with Crippen molar-refractivity contribution in [3.05, 3.63) is 77.7 Å². The zero-order valence-electron chi connectivity index (χ0n) is 20.0. The topological polar surface area (TPSA) is 87.9 Å². The van der Waals surface area contributed by atoms with Crippen LogP contribution in [0.1, 0.15) is 36.0 Å². The van der Waals surface area contributed by atoms with Crippen LogP contribution in [0.25, 0.3) is 22.0 Å². The SMILES string of the molecule is Cc1cccc2c(C3(c4ccc(-c5cnc(N)nc5)cc4)CCC3)c[nH]c12.O=CN1CCSCC1. The van der Waals surface area contributed by atoms with Crippen molar-refractivity contribution in [2.75, 3.05) is 30.3 Å². The first kappa shape index (κ1) is 23.4. The summed E-state index contributed by atoms with van der Waals surface area (Å²) in [5, 5.41) is 1.35. The molecule has 2 fully saturated rings. The van der Waals surface area contributed by atoms with E-state index in [4.69, 9.17) is 5.73 Å². The number of aromatic amines is 1. The number of nitrogen functional groups attached to an aromatic ring is 1. The minimum Gasteiger partial charge on any atom is -0.368 e. The summed E-state index contributed by atoms with van der Waals surface area (Å²) in [5.41, 5.74) is 13.2. The number of aromatic nitrogens is 3. The van der Waals surface area contributed by atoms with Gasteiger partial charge in [-0.2, -0.15) is 11.8 Å². The predicted molar refractivity (Wildman–Crippen MR) is 145 cm³/mol. The summed E-state index contributed by atoms with van der Waals surface area (Å²) in [6.07, 6.45) is 10.4. The zero-order chi connectivity index (χ0) is 24.3. The molecule has 1 saturated heterocycles. The highest BCUT2D eigenvalue weighted by atomic mass is 32.2. The Hall–Kier alpha value is -3.32. The molecule has 0 atom stereocenters. The number of benzene rings is 2. The van der Waals surface area contributed by atoms with Gasteiger partial charge in [-0.05, 0) is 42.0 Å². The average Bonchev–Trinajstić information content (AvgIpc) is 3.31. The van der Waals surface area contributed by atoms with E-state index in [0.717, 1.165) is 42.1 Å². The van der Waals surface area contributed by atoms with Gasteiger partial charge in [0.05, 0.1) is 0 Å². The standard InChI is InChI=1S/C23H22N4.C5H9NOS/c1-15-4-2-5-19-20(14-25-21(15)19)23(10-3-11-23)18-8-6-16(7-9-18)17-12-26-22(24)27-13-17;7-5-6-1-3-8-4-2-6/h2,4-9,12-14,25H,3,10-11H2,1H3,(H2,24,26,27);5H,1-4H2. The summed E-state index contributed by atoms with van der Waals surface area (Å²) < 4.78 is 0. The van der Waals surface area contributed by atoms with Crippen molar-refractivity contribution in [3.63, 3.8) is 0 Å². The Morgan fingerprint density at radius 1 is 1.03 bits per heavy atom. The minimum atomic E-state index is 0.113. The van der Waals surface area contributed by atoms with Gasteiger partial charge >= 0.3 is 0 Å². The van der Waals surface area contributed by atoms with Crippen LogP contribution in [0.15, 0.2) is 61.1 Å². The van der Waals surface area contributed by atoms with Crippen molar-refractivity contribution < 1.29 is 4.79 Å². The molecule has 4 aromatic rings. The Bertz CT molecular complexity index is 1290. The number of fused-ring (bicyclic) bond motifs is 1. The maximum absolute atomic E-state index is 10.1. The molecule has 0 bridgehead atoms. The molecule has 1 saturated carbocycles. The van der Waals surface area contributed by atoms with Crippen LogP contribution in [0.5, 0.6) is 0 Å². The van der Waals surface area contributed by atoms with Gasteiger partial charge in [-0.15, -0.1) is 0 Å². The molecule has 2 aromatic carbocycles. The molecular formula is C28H31N5OS. The zero-order valence-corrected chi connectivity index (χ0v) is 20.9. The van der Waals surface area contributed by atoms with Crippen molar-refractivity contribution in [1.82, 2.24) is 19.9 Å². The monoisotopic (exact) mass is 485 g/mol.